The summed E-state index contributed by atoms with van der Waals surface area (Å²) in [6, 6.07) is 6.39. The molecular weight excluding hydrogens is 432 g/mol. The third-order valence-corrected chi connectivity index (χ3v) is 4.36. The van der Waals surface area contributed by atoms with E-state index in [1.54, 1.807) is 12.7 Å². The Morgan fingerprint density at radius 1 is 1.43 bits per heavy atom. The Morgan fingerprint density at radius 3 is 2.65 bits per heavy atom. The zero-order valence-corrected chi connectivity index (χ0v) is 15.8. The van der Waals surface area contributed by atoms with Gasteiger partial charge in [0.1, 0.15) is 12.7 Å². The molecule has 7 nitrogen and oxygen atoms in total. The number of hydrogen-bond donors (Lipinski definition) is 1. The Morgan fingerprint density at radius 2 is 2.13 bits per heavy atom. The Balaban J connectivity index is 0.000000593. The van der Waals surface area contributed by atoms with Crippen LogP contribution in [0.5, 0.6) is 0 Å². The molecule has 1 N–H and O–H groups in total. The molecule has 9 heteroatoms. The van der Waals surface area contributed by atoms with Gasteiger partial charge >= 0.3 is 0 Å². The highest BCUT2D eigenvalue weighted by Crippen LogP contribution is 2.32. The van der Waals surface area contributed by atoms with Crippen molar-refractivity contribution in [2.24, 2.45) is 0 Å². The Labute approximate surface area is 151 Å². The van der Waals surface area contributed by atoms with Crippen molar-refractivity contribution in [3.05, 3.63) is 55.5 Å². The molecule has 0 aliphatic heterocycles. The summed E-state index contributed by atoms with van der Waals surface area (Å²) in [5, 5.41) is 17.9. The molecule has 0 spiro atoms. The number of benzene rings is 1. The molecule has 1 aromatic heterocycles. The summed E-state index contributed by atoms with van der Waals surface area (Å²) in [6.45, 7) is 3.10. The fraction of sp³-hybridized carbons (Fsp3) is 0.429. The largest absolute Gasteiger partial charge is 0.328 e. The molecule has 1 unspecified atom stereocenters. The van der Waals surface area contributed by atoms with Crippen LogP contribution in [0, 0.1) is 10.1 Å². The van der Waals surface area contributed by atoms with Crippen LogP contribution in [0.3, 0.4) is 0 Å². The van der Waals surface area contributed by atoms with Crippen molar-refractivity contribution in [1.82, 2.24) is 14.8 Å². The maximum atomic E-state index is 8.36. The second kappa shape index (κ2) is 10.3. The lowest BCUT2D eigenvalue weighted by atomic mass is 9.93. The van der Waals surface area contributed by atoms with E-state index >= 15 is 0 Å². The minimum atomic E-state index is -1.50. The Kier molecular flexibility index (Phi) is 8.78. The second-order valence-corrected chi connectivity index (χ2v) is 6.63. The molecule has 1 heterocycles. The number of aromatic nitrogens is 3. The van der Waals surface area contributed by atoms with E-state index in [1.807, 2.05) is 4.68 Å². The SMILES string of the molecule is CCCCC(Cn1cncn1)c1ccc(Br)cc1Br.O=[N+]([O-])O. The van der Waals surface area contributed by atoms with Gasteiger partial charge in [-0.3, -0.25) is 4.68 Å². The first-order chi connectivity index (χ1) is 10.9. The lowest BCUT2D eigenvalue weighted by Gasteiger charge is -2.18. The van der Waals surface area contributed by atoms with Crippen molar-refractivity contribution in [3.8, 4) is 0 Å². The summed E-state index contributed by atoms with van der Waals surface area (Å²) in [5.41, 5.74) is 1.34. The number of hydrogen-bond acceptors (Lipinski definition) is 4. The standard InChI is InChI=1S/C14H17Br2N3.HNO3/c1-2-3-4-11(8-19-10-17-9-18-19)13-6-5-12(15)7-14(13)16;2-1(3)4/h5-7,9-11H,2-4,8H2,1H3;(H,2,3,4). The smallest absolute Gasteiger partial charge is 0.291 e. The fourth-order valence-corrected chi connectivity index (χ4v) is 3.55. The van der Waals surface area contributed by atoms with E-state index in [0.29, 0.717) is 5.92 Å². The molecular formula is C14H18Br2N4O3. The summed E-state index contributed by atoms with van der Waals surface area (Å²) < 4.78 is 4.16. The minimum Gasteiger partial charge on any atom is -0.328 e. The molecule has 0 aliphatic carbocycles. The lowest BCUT2D eigenvalue weighted by Crippen LogP contribution is -2.10. The second-order valence-electron chi connectivity index (χ2n) is 4.86. The zero-order valence-electron chi connectivity index (χ0n) is 12.6. The third kappa shape index (κ3) is 7.56. The summed E-state index contributed by atoms with van der Waals surface area (Å²) in [6.07, 6.45) is 6.97. The van der Waals surface area contributed by atoms with E-state index in [4.69, 9.17) is 15.3 Å². The van der Waals surface area contributed by atoms with Crippen molar-refractivity contribution in [2.75, 3.05) is 0 Å². The van der Waals surface area contributed by atoms with E-state index in [0.717, 1.165) is 21.9 Å². The third-order valence-electron chi connectivity index (χ3n) is 3.18. The normalized spacial score (nSPS) is 11.4. The molecule has 0 radical (unpaired) electrons. The fourth-order valence-electron chi connectivity index (χ4n) is 2.18. The maximum absolute atomic E-state index is 8.36. The Bertz CT molecular complexity index is 604. The van der Waals surface area contributed by atoms with Crippen LogP contribution in [0.4, 0.5) is 0 Å². The van der Waals surface area contributed by atoms with Gasteiger partial charge in [-0.1, -0.05) is 57.7 Å². The van der Waals surface area contributed by atoms with Crippen LogP contribution in [-0.4, -0.2) is 25.1 Å². The van der Waals surface area contributed by atoms with Gasteiger partial charge in [0.15, 0.2) is 0 Å². The van der Waals surface area contributed by atoms with Crippen molar-refractivity contribution >= 4 is 31.9 Å². The van der Waals surface area contributed by atoms with Gasteiger partial charge in [-0.05, 0) is 24.1 Å². The molecule has 126 valence electrons. The first-order valence-corrected chi connectivity index (χ1v) is 8.63. The van der Waals surface area contributed by atoms with Crippen LogP contribution in [0.1, 0.15) is 37.7 Å². The number of unbranched alkanes of at least 4 members (excludes halogenated alkanes) is 1. The first-order valence-electron chi connectivity index (χ1n) is 7.04. The van der Waals surface area contributed by atoms with Gasteiger partial charge in [-0.2, -0.15) is 5.10 Å². The van der Waals surface area contributed by atoms with Crippen molar-refractivity contribution in [3.63, 3.8) is 0 Å². The van der Waals surface area contributed by atoms with Crippen LogP contribution < -0.4 is 0 Å². The molecule has 0 saturated carbocycles. The average Bonchev–Trinajstić information content (AvgIpc) is 2.96. The zero-order chi connectivity index (χ0) is 17.2. The van der Waals surface area contributed by atoms with Gasteiger partial charge in [0, 0.05) is 21.4 Å². The molecule has 1 aromatic carbocycles. The van der Waals surface area contributed by atoms with E-state index in [9.17, 15) is 0 Å². The molecule has 23 heavy (non-hydrogen) atoms. The van der Waals surface area contributed by atoms with E-state index in [-0.39, 0.29) is 0 Å². The van der Waals surface area contributed by atoms with Crippen LogP contribution in [0.25, 0.3) is 0 Å². The van der Waals surface area contributed by atoms with E-state index < -0.39 is 5.09 Å². The molecule has 2 aromatic rings. The Hall–Kier alpha value is -1.48. The van der Waals surface area contributed by atoms with Crippen molar-refractivity contribution in [1.29, 1.82) is 0 Å². The molecule has 0 bridgehead atoms. The summed E-state index contributed by atoms with van der Waals surface area (Å²) in [5.74, 6) is 0.462. The van der Waals surface area contributed by atoms with Crippen molar-refractivity contribution < 1.29 is 10.3 Å². The van der Waals surface area contributed by atoms with E-state index in [1.165, 1.54) is 18.4 Å². The summed E-state index contributed by atoms with van der Waals surface area (Å²) in [7, 11) is 0. The molecule has 2 rings (SSSR count). The quantitative estimate of drug-likeness (QED) is 0.519. The molecule has 1 atom stereocenters. The number of rotatable bonds is 6. The monoisotopic (exact) mass is 448 g/mol. The van der Waals surface area contributed by atoms with Gasteiger partial charge in [-0.25, -0.2) is 4.98 Å². The van der Waals surface area contributed by atoms with Crippen LogP contribution in [0.15, 0.2) is 39.8 Å². The van der Waals surface area contributed by atoms with Crippen LogP contribution in [-0.2, 0) is 6.54 Å². The minimum absolute atomic E-state index is 0.462. The maximum Gasteiger partial charge on any atom is 0.291 e. The topological polar surface area (TPSA) is 94.1 Å². The predicted octanol–water partition coefficient (Wildman–Crippen LogP) is 4.43. The highest BCUT2D eigenvalue weighted by Gasteiger charge is 2.15. The highest BCUT2D eigenvalue weighted by molar-refractivity contribution is 9.11. The molecule has 0 amide bonds. The van der Waals surface area contributed by atoms with E-state index in [2.05, 4.69) is 67.1 Å². The number of nitrogens with zero attached hydrogens (tertiary/aromatic N) is 4. The predicted molar refractivity (Wildman–Crippen MR) is 92.9 cm³/mol. The number of halogens is 2. The van der Waals surface area contributed by atoms with Gasteiger partial charge in [0.05, 0.1) is 0 Å². The van der Waals surface area contributed by atoms with Gasteiger partial charge in [-0.15, -0.1) is 10.1 Å². The highest BCUT2D eigenvalue weighted by atomic mass is 79.9. The van der Waals surface area contributed by atoms with Gasteiger partial charge in [0.2, 0.25) is 0 Å². The van der Waals surface area contributed by atoms with Gasteiger partial charge in [0.25, 0.3) is 5.09 Å². The first kappa shape index (κ1) is 19.6. The lowest BCUT2D eigenvalue weighted by molar-refractivity contribution is -0.742. The molecule has 0 aliphatic rings. The molecule has 0 fully saturated rings. The van der Waals surface area contributed by atoms with Gasteiger partial charge < -0.3 is 5.21 Å². The average molecular weight is 450 g/mol. The van der Waals surface area contributed by atoms with Crippen molar-refractivity contribution in [2.45, 2.75) is 38.6 Å². The van der Waals surface area contributed by atoms with Crippen LogP contribution in [0.2, 0.25) is 0 Å². The molecule has 0 saturated heterocycles. The van der Waals surface area contributed by atoms with Crippen LogP contribution >= 0.6 is 31.9 Å². The summed E-state index contributed by atoms with van der Waals surface area (Å²) >= 11 is 7.17. The summed E-state index contributed by atoms with van der Waals surface area (Å²) in [4.78, 5) is 12.4.